The molecule has 6 rings (SSSR count). The monoisotopic (exact) mass is 574 g/mol. The highest BCUT2D eigenvalue weighted by Gasteiger charge is 2.51. The zero-order valence-corrected chi connectivity index (χ0v) is 24.7. The fourth-order valence-corrected chi connectivity index (χ4v) is 6.86. The number of likely N-dealkylation sites (tertiary alicyclic amines) is 2. The number of halogens is 2. The first-order valence-electron chi connectivity index (χ1n) is 15.4. The minimum Gasteiger partial charge on any atom is -0.492 e. The van der Waals surface area contributed by atoms with E-state index in [1.165, 1.54) is 24.0 Å². The highest BCUT2D eigenvalue weighted by atomic mass is 19.3. The van der Waals surface area contributed by atoms with Crippen molar-refractivity contribution in [1.82, 2.24) is 9.80 Å². The number of hydrogen-bond donors (Lipinski definition) is 0. The van der Waals surface area contributed by atoms with Crippen LogP contribution in [0.25, 0.3) is 0 Å². The number of carbonyl (C=O) groups excluding carboxylic acids is 1. The molecule has 0 bridgehead atoms. The van der Waals surface area contributed by atoms with Crippen molar-refractivity contribution in [3.8, 4) is 5.75 Å². The van der Waals surface area contributed by atoms with Crippen LogP contribution >= 0.6 is 0 Å². The van der Waals surface area contributed by atoms with Crippen LogP contribution in [-0.4, -0.2) is 85.6 Å². The summed E-state index contributed by atoms with van der Waals surface area (Å²) in [5, 5.41) is 4.49. The first-order valence-corrected chi connectivity index (χ1v) is 15.4. The molecule has 0 amide bonds. The number of carbonyl (C=O) groups is 1. The molecule has 3 saturated heterocycles. The van der Waals surface area contributed by atoms with Crippen molar-refractivity contribution in [2.45, 2.75) is 89.7 Å². The number of hydrogen-bond acceptors (Lipinski definition) is 8. The van der Waals surface area contributed by atoms with Crippen molar-refractivity contribution >= 4 is 17.5 Å². The summed E-state index contributed by atoms with van der Waals surface area (Å²) in [7, 11) is 0. The van der Waals surface area contributed by atoms with E-state index < -0.39 is 11.3 Å². The van der Waals surface area contributed by atoms with Gasteiger partial charge >= 0.3 is 5.97 Å². The topological polar surface area (TPSA) is 66.8 Å². The summed E-state index contributed by atoms with van der Waals surface area (Å²) in [6.45, 7) is 11.5. The van der Waals surface area contributed by atoms with E-state index in [1.54, 1.807) is 0 Å². The SMILES string of the molecule is CCOC(=O)C1(C)CCN(C2=NOC3(C2)CN(Cc2cc(OCC)c(N4CCC(F)(F)CC4)cc2C2CC2)C3)CC1. The van der Waals surface area contributed by atoms with Crippen molar-refractivity contribution < 1.29 is 27.9 Å². The predicted octanol–water partition coefficient (Wildman–Crippen LogP) is 5.15. The highest BCUT2D eigenvalue weighted by molar-refractivity contribution is 5.85. The number of esters is 1. The van der Waals surface area contributed by atoms with Gasteiger partial charge in [0.05, 0.1) is 30.7 Å². The molecule has 1 aliphatic carbocycles. The lowest BCUT2D eigenvalue weighted by atomic mass is 9.80. The van der Waals surface area contributed by atoms with Gasteiger partial charge in [0.2, 0.25) is 0 Å². The molecule has 10 heteroatoms. The van der Waals surface area contributed by atoms with Gasteiger partial charge in [-0.1, -0.05) is 5.16 Å². The molecule has 1 aromatic rings. The molecular weight excluding hydrogens is 530 g/mol. The largest absolute Gasteiger partial charge is 0.492 e. The summed E-state index contributed by atoms with van der Waals surface area (Å²) < 4.78 is 39.1. The lowest BCUT2D eigenvalue weighted by Crippen LogP contribution is -2.61. The molecule has 0 atom stereocenters. The second kappa shape index (κ2) is 10.9. The number of anilines is 1. The summed E-state index contributed by atoms with van der Waals surface area (Å²) in [6.07, 6.45) is 4.43. The first-order chi connectivity index (χ1) is 19.6. The third-order valence-electron chi connectivity index (χ3n) is 9.62. The summed E-state index contributed by atoms with van der Waals surface area (Å²) in [5.74, 6) is -0.339. The Balaban J connectivity index is 1.07. The third kappa shape index (κ3) is 5.86. The molecule has 0 aromatic heterocycles. The lowest BCUT2D eigenvalue weighted by molar-refractivity contribution is -0.156. The molecule has 4 fully saturated rings. The molecule has 0 radical (unpaired) electrons. The Hall–Kier alpha value is -2.62. The summed E-state index contributed by atoms with van der Waals surface area (Å²) in [6, 6.07) is 4.39. The number of nitrogens with zero attached hydrogens (tertiary/aromatic N) is 4. The van der Waals surface area contributed by atoms with Gasteiger partial charge in [-0.2, -0.15) is 0 Å². The van der Waals surface area contributed by atoms with E-state index in [1.807, 2.05) is 20.8 Å². The molecule has 0 unspecified atom stereocenters. The van der Waals surface area contributed by atoms with Gasteiger partial charge in [0, 0.05) is 58.7 Å². The van der Waals surface area contributed by atoms with Crippen LogP contribution in [0.3, 0.4) is 0 Å². The number of oxime groups is 1. The summed E-state index contributed by atoms with van der Waals surface area (Å²) >= 11 is 0. The number of ether oxygens (including phenoxy) is 2. The third-order valence-corrected chi connectivity index (χ3v) is 9.62. The molecular formula is C31H44F2N4O4. The van der Waals surface area contributed by atoms with Crippen LogP contribution in [0.15, 0.2) is 17.3 Å². The second-order valence-electron chi connectivity index (χ2n) is 12.9. The number of alkyl halides is 2. The average Bonchev–Trinajstić information content (AvgIpc) is 3.68. The Kier molecular flexibility index (Phi) is 7.57. The average molecular weight is 575 g/mol. The first kappa shape index (κ1) is 28.5. The second-order valence-corrected chi connectivity index (χ2v) is 12.9. The molecule has 1 saturated carbocycles. The molecule has 0 N–H and O–H groups in total. The van der Waals surface area contributed by atoms with Crippen molar-refractivity contribution in [2.24, 2.45) is 10.6 Å². The van der Waals surface area contributed by atoms with Crippen molar-refractivity contribution in [2.75, 3.05) is 57.4 Å². The number of benzene rings is 1. The lowest BCUT2D eigenvalue weighted by Gasteiger charge is -2.46. The Morgan fingerprint density at radius 3 is 2.34 bits per heavy atom. The van der Waals surface area contributed by atoms with Gasteiger partial charge in [0.15, 0.2) is 5.60 Å². The van der Waals surface area contributed by atoms with Crippen molar-refractivity contribution in [3.05, 3.63) is 23.3 Å². The fourth-order valence-electron chi connectivity index (χ4n) is 6.86. The maximum absolute atomic E-state index is 13.9. The van der Waals surface area contributed by atoms with Crippen LogP contribution in [0.2, 0.25) is 0 Å². The van der Waals surface area contributed by atoms with E-state index >= 15 is 0 Å². The summed E-state index contributed by atoms with van der Waals surface area (Å²) in [4.78, 5) is 25.2. The molecule has 41 heavy (non-hydrogen) atoms. The van der Waals surface area contributed by atoms with Crippen LogP contribution in [0.4, 0.5) is 14.5 Å². The maximum atomic E-state index is 13.9. The minimum atomic E-state index is -2.57. The zero-order valence-electron chi connectivity index (χ0n) is 24.7. The molecule has 5 aliphatic rings. The quantitative estimate of drug-likeness (QED) is 0.398. The smallest absolute Gasteiger partial charge is 0.311 e. The van der Waals surface area contributed by atoms with E-state index in [0.717, 1.165) is 69.3 Å². The van der Waals surface area contributed by atoms with E-state index in [-0.39, 0.29) is 24.4 Å². The van der Waals surface area contributed by atoms with Crippen LogP contribution in [0, 0.1) is 5.41 Å². The summed E-state index contributed by atoms with van der Waals surface area (Å²) in [5.41, 5.74) is 2.87. The van der Waals surface area contributed by atoms with Crippen LogP contribution in [0.1, 0.15) is 82.8 Å². The number of piperidine rings is 2. The Morgan fingerprint density at radius 1 is 1.02 bits per heavy atom. The van der Waals surface area contributed by atoms with Crippen molar-refractivity contribution in [1.29, 1.82) is 0 Å². The van der Waals surface area contributed by atoms with Gasteiger partial charge in [-0.05, 0) is 75.6 Å². The zero-order chi connectivity index (χ0) is 28.8. The molecule has 226 valence electrons. The van der Waals surface area contributed by atoms with Gasteiger partial charge in [-0.3, -0.25) is 9.69 Å². The standard InChI is InChI=1S/C31H44F2N4O4/c1-4-39-26-16-23(24(22-6-7-22)17-25(26)36-14-10-31(32,33)11-15-36)19-35-20-30(21-35)18-27(34-41-30)37-12-8-29(3,9-13-37)28(38)40-5-2/h16-17,22H,4-15,18-21H2,1-3H3. The van der Waals surface area contributed by atoms with Crippen molar-refractivity contribution in [3.63, 3.8) is 0 Å². The number of amidine groups is 1. The fraction of sp³-hybridized carbons (Fsp3) is 0.742. The molecule has 1 spiro atoms. The van der Waals surface area contributed by atoms with Gasteiger partial charge in [-0.25, -0.2) is 8.78 Å². The Labute approximate surface area is 241 Å². The minimum absolute atomic E-state index is 0.0982. The van der Waals surface area contributed by atoms with Gasteiger partial charge < -0.3 is 24.1 Å². The van der Waals surface area contributed by atoms with E-state index in [2.05, 4.69) is 32.0 Å². The normalized spacial score (nSPS) is 25.0. The molecule has 4 aliphatic heterocycles. The van der Waals surface area contributed by atoms with E-state index in [9.17, 15) is 13.6 Å². The van der Waals surface area contributed by atoms with Crippen LogP contribution in [0.5, 0.6) is 5.75 Å². The Morgan fingerprint density at radius 2 is 1.71 bits per heavy atom. The van der Waals surface area contributed by atoms with Gasteiger partial charge in [-0.15, -0.1) is 0 Å². The van der Waals surface area contributed by atoms with Crippen LogP contribution in [-0.2, 0) is 20.9 Å². The predicted molar refractivity (Wildman–Crippen MR) is 153 cm³/mol. The maximum Gasteiger partial charge on any atom is 0.311 e. The van der Waals surface area contributed by atoms with Gasteiger partial charge in [0.1, 0.15) is 11.6 Å². The molecule has 1 aromatic carbocycles. The van der Waals surface area contributed by atoms with Crippen LogP contribution < -0.4 is 9.64 Å². The van der Waals surface area contributed by atoms with E-state index in [4.69, 9.17) is 14.3 Å². The molecule has 8 nitrogen and oxygen atoms in total. The highest BCUT2D eigenvalue weighted by Crippen LogP contribution is 2.47. The van der Waals surface area contributed by atoms with Gasteiger partial charge in [0.25, 0.3) is 5.92 Å². The molecule has 4 heterocycles. The number of rotatable bonds is 8. The Bertz CT molecular complexity index is 1160. The van der Waals surface area contributed by atoms with E-state index in [0.29, 0.717) is 32.2 Å².